The van der Waals surface area contributed by atoms with Crippen molar-refractivity contribution in [3.8, 4) is 0 Å². The number of aryl methyl sites for hydroxylation is 2. The van der Waals surface area contributed by atoms with Gasteiger partial charge in [-0.3, -0.25) is 4.79 Å². The number of carboxylic acids is 1. The molecule has 0 amide bonds. The Labute approximate surface area is 105 Å². The third kappa shape index (κ3) is 1.90. The highest BCUT2D eigenvalue weighted by molar-refractivity contribution is 6.05. The lowest BCUT2D eigenvalue weighted by Crippen LogP contribution is -2.30. The van der Waals surface area contributed by atoms with Crippen molar-refractivity contribution < 1.29 is 19.4 Å². The van der Waals surface area contributed by atoms with Gasteiger partial charge in [-0.1, -0.05) is 29.3 Å². The van der Waals surface area contributed by atoms with Crippen molar-refractivity contribution in [1.82, 2.24) is 0 Å². The van der Waals surface area contributed by atoms with Gasteiger partial charge in [0.05, 0.1) is 0 Å². The van der Waals surface area contributed by atoms with Crippen LogP contribution in [0.4, 0.5) is 0 Å². The first-order valence-corrected chi connectivity index (χ1v) is 5.60. The van der Waals surface area contributed by atoms with Crippen molar-refractivity contribution in [2.45, 2.75) is 26.4 Å². The highest BCUT2D eigenvalue weighted by Gasteiger charge is 2.43. The van der Waals surface area contributed by atoms with E-state index in [9.17, 15) is 9.59 Å². The van der Waals surface area contributed by atoms with Gasteiger partial charge in [0, 0.05) is 11.6 Å². The largest absolute Gasteiger partial charge is 0.475 e. The number of hydrogen-bond donors (Lipinski definition) is 1. The van der Waals surface area contributed by atoms with Crippen LogP contribution in [0.5, 0.6) is 0 Å². The number of carboxylic acid groups (broad SMARTS) is 1. The van der Waals surface area contributed by atoms with Crippen molar-refractivity contribution in [3.63, 3.8) is 0 Å². The predicted molar refractivity (Wildman–Crippen MR) is 65.1 cm³/mol. The summed E-state index contributed by atoms with van der Waals surface area (Å²) in [5.41, 5.74) is 1.46. The van der Waals surface area contributed by atoms with E-state index in [0.29, 0.717) is 5.56 Å². The van der Waals surface area contributed by atoms with Crippen LogP contribution >= 0.6 is 0 Å². The number of hydrogen-bond acceptors (Lipinski definition) is 3. The van der Waals surface area contributed by atoms with Gasteiger partial charge in [-0.2, -0.15) is 0 Å². The smallest absolute Gasteiger partial charge is 0.371 e. The molecule has 2 rings (SSSR count). The minimum atomic E-state index is -1.23. The zero-order valence-electron chi connectivity index (χ0n) is 10.5. The van der Waals surface area contributed by atoms with Gasteiger partial charge in [0.15, 0.2) is 5.60 Å². The second-order valence-electron chi connectivity index (χ2n) is 4.69. The topological polar surface area (TPSA) is 63.6 Å². The maximum atomic E-state index is 12.0. The van der Waals surface area contributed by atoms with E-state index in [-0.39, 0.29) is 11.5 Å². The van der Waals surface area contributed by atoms with Gasteiger partial charge < -0.3 is 9.84 Å². The van der Waals surface area contributed by atoms with Crippen LogP contribution in [0.25, 0.3) is 0 Å². The molecule has 94 valence electrons. The summed E-state index contributed by atoms with van der Waals surface area (Å²) in [6, 6.07) is 5.66. The molecule has 1 atom stereocenters. The van der Waals surface area contributed by atoms with E-state index in [1.807, 2.05) is 32.0 Å². The Bertz CT molecular complexity index is 551. The molecule has 1 unspecified atom stereocenters. The molecule has 1 heterocycles. The number of carbonyl (C=O) groups excluding carboxylic acids is 1. The van der Waals surface area contributed by atoms with Crippen LogP contribution in [0.3, 0.4) is 0 Å². The number of ketones is 1. The van der Waals surface area contributed by atoms with Gasteiger partial charge >= 0.3 is 5.97 Å². The van der Waals surface area contributed by atoms with Crippen LogP contribution in [0.1, 0.15) is 23.6 Å². The number of benzene rings is 1. The van der Waals surface area contributed by atoms with E-state index in [1.165, 1.54) is 0 Å². The third-order valence-electron chi connectivity index (χ3n) is 3.03. The number of rotatable bonds is 2. The molecule has 0 saturated carbocycles. The van der Waals surface area contributed by atoms with Crippen molar-refractivity contribution in [2.24, 2.45) is 0 Å². The van der Waals surface area contributed by atoms with Crippen molar-refractivity contribution >= 4 is 11.8 Å². The maximum absolute atomic E-state index is 12.0. The second-order valence-corrected chi connectivity index (χ2v) is 4.69. The molecular weight excluding hydrogens is 232 g/mol. The molecule has 0 aromatic heterocycles. The van der Waals surface area contributed by atoms with Crippen LogP contribution in [-0.4, -0.2) is 16.9 Å². The molecule has 0 fully saturated rings. The Morgan fingerprint density at radius 1 is 1.22 bits per heavy atom. The number of carbonyl (C=O) groups is 2. The lowest BCUT2D eigenvalue weighted by molar-refractivity contribution is -0.141. The molecule has 1 aromatic rings. The van der Waals surface area contributed by atoms with Gasteiger partial charge in [-0.15, -0.1) is 0 Å². The molecule has 1 aromatic carbocycles. The van der Waals surface area contributed by atoms with E-state index >= 15 is 0 Å². The first kappa shape index (κ1) is 12.4. The van der Waals surface area contributed by atoms with Crippen molar-refractivity contribution in [3.05, 3.63) is 46.7 Å². The second kappa shape index (κ2) is 3.98. The van der Waals surface area contributed by atoms with E-state index in [4.69, 9.17) is 9.84 Å². The summed E-state index contributed by atoms with van der Waals surface area (Å²) in [5.74, 6) is -1.87. The summed E-state index contributed by atoms with van der Waals surface area (Å²) in [6.07, 6.45) is 1.04. The SMILES string of the molecule is Cc1cc(C)cc(C2(C)OC(C(=O)O)=CC2=O)c1. The molecule has 18 heavy (non-hydrogen) atoms. The molecule has 0 bridgehead atoms. The molecule has 4 nitrogen and oxygen atoms in total. The summed E-state index contributed by atoms with van der Waals surface area (Å²) in [5, 5.41) is 8.87. The van der Waals surface area contributed by atoms with E-state index in [1.54, 1.807) is 6.92 Å². The summed E-state index contributed by atoms with van der Waals surface area (Å²) < 4.78 is 5.33. The molecule has 0 spiro atoms. The Morgan fingerprint density at radius 2 is 1.78 bits per heavy atom. The van der Waals surface area contributed by atoms with Gasteiger partial charge in [0.1, 0.15) is 0 Å². The average molecular weight is 246 g/mol. The lowest BCUT2D eigenvalue weighted by atomic mass is 9.90. The Kier molecular flexibility index (Phi) is 2.73. The summed E-state index contributed by atoms with van der Waals surface area (Å²) >= 11 is 0. The molecule has 1 aliphatic rings. The summed E-state index contributed by atoms with van der Waals surface area (Å²) in [6.45, 7) is 5.44. The first-order valence-electron chi connectivity index (χ1n) is 5.60. The minimum Gasteiger partial charge on any atom is -0.475 e. The predicted octanol–water partition coefficient (Wildman–Crippen LogP) is 2.09. The first-order chi connectivity index (χ1) is 8.33. The summed E-state index contributed by atoms with van der Waals surface area (Å²) in [4.78, 5) is 22.8. The van der Waals surface area contributed by atoms with Crippen LogP contribution in [-0.2, 0) is 19.9 Å². The number of ether oxygens (including phenoxy) is 1. The monoisotopic (exact) mass is 246 g/mol. The fourth-order valence-electron chi connectivity index (χ4n) is 2.11. The zero-order valence-corrected chi connectivity index (χ0v) is 10.5. The van der Waals surface area contributed by atoms with Crippen molar-refractivity contribution in [2.75, 3.05) is 0 Å². The minimum absolute atomic E-state index is 0.304. The van der Waals surface area contributed by atoms with E-state index in [2.05, 4.69) is 0 Å². The molecule has 1 aliphatic heterocycles. The summed E-state index contributed by atoms with van der Waals surface area (Å²) in [7, 11) is 0. The van der Waals surface area contributed by atoms with Crippen molar-refractivity contribution in [1.29, 1.82) is 0 Å². The molecule has 0 radical (unpaired) electrons. The highest BCUT2D eigenvalue weighted by atomic mass is 16.5. The molecule has 4 heteroatoms. The Balaban J connectivity index is 2.45. The standard InChI is InChI=1S/C14H14O4/c1-8-4-9(2)6-10(5-8)14(3)12(15)7-11(18-14)13(16)17/h4-7H,1-3H3,(H,16,17). The van der Waals surface area contributed by atoms with Gasteiger partial charge in [0.25, 0.3) is 0 Å². The van der Waals surface area contributed by atoms with Gasteiger partial charge in [-0.05, 0) is 20.8 Å². The van der Waals surface area contributed by atoms with Crippen LogP contribution in [0, 0.1) is 13.8 Å². The van der Waals surface area contributed by atoms with Crippen LogP contribution < -0.4 is 0 Å². The third-order valence-corrected chi connectivity index (χ3v) is 3.03. The fraction of sp³-hybridized carbons (Fsp3) is 0.286. The molecule has 0 saturated heterocycles. The van der Waals surface area contributed by atoms with Crippen LogP contribution in [0.2, 0.25) is 0 Å². The molecular formula is C14H14O4. The van der Waals surface area contributed by atoms with Gasteiger partial charge in [0.2, 0.25) is 11.5 Å². The quantitative estimate of drug-likeness (QED) is 0.867. The number of aliphatic carboxylic acids is 1. The van der Waals surface area contributed by atoms with E-state index in [0.717, 1.165) is 17.2 Å². The van der Waals surface area contributed by atoms with E-state index < -0.39 is 11.6 Å². The van der Waals surface area contributed by atoms with Crippen LogP contribution in [0.15, 0.2) is 30.0 Å². The lowest BCUT2D eigenvalue weighted by Gasteiger charge is -2.24. The zero-order chi connectivity index (χ0) is 13.5. The molecule has 0 aliphatic carbocycles. The maximum Gasteiger partial charge on any atom is 0.371 e. The molecule has 1 N–H and O–H groups in total. The Morgan fingerprint density at radius 3 is 2.22 bits per heavy atom. The fourth-order valence-corrected chi connectivity index (χ4v) is 2.11. The average Bonchev–Trinajstić information content (AvgIpc) is 2.55. The normalized spacial score (nSPS) is 22.6. The highest BCUT2D eigenvalue weighted by Crippen LogP contribution is 2.35. The Hall–Kier alpha value is -2.10. The van der Waals surface area contributed by atoms with Gasteiger partial charge in [-0.25, -0.2) is 4.79 Å².